The third-order valence-electron chi connectivity index (χ3n) is 4.05. The predicted octanol–water partition coefficient (Wildman–Crippen LogP) is 4.48. The second kappa shape index (κ2) is 7.16. The monoisotopic (exact) mass is 417 g/mol. The van der Waals surface area contributed by atoms with Crippen molar-refractivity contribution in [2.75, 3.05) is 16.4 Å². The van der Waals surface area contributed by atoms with Gasteiger partial charge in [-0.25, -0.2) is 8.42 Å². The van der Waals surface area contributed by atoms with Gasteiger partial charge in [0, 0.05) is 15.6 Å². The van der Waals surface area contributed by atoms with Gasteiger partial charge in [0.25, 0.3) is 5.91 Å². The van der Waals surface area contributed by atoms with Gasteiger partial charge in [0.1, 0.15) is 0 Å². The molecule has 2 aromatic carbocycles. The van der Waals surface area contributed by atoms with Crippen molar-refractivity contribution in [2.45, 2.75) is 12.5 Å². The lowest BCUT2D eigenvalue weighted by molar-refractivity contribution is 0.0979. The summed E-state index contributed by atoms with van der Waals surface area (Å²) in [6.45, 7) is 0. The molecule has 0 radical (unpaired) electrons. The van der Waals surface area contributed by atoms with Crippen LogP contribution in [0.4, 0.5) is 5.69 Å². The minimum absolute atomic E-state index is 0.0419. The average Bonchev–Trinajstić information content (AvgIpc) is 2.91. The van der Waals surface area contributed by atoms with E-state index in [1.165, 1.54) is 4.90 Å². The largest absolute Gasteiger partial charge is 0.303 e. The fraction of sp³-hybridized carbons (Fsp3) is 0.235. The molecule has 132 valence electrons. The Kier molecular flexibility index (Phi) is 5.30. The lowest BCUT2D eigenvalue weighted by Gasteiger charge is -2.29. The molecule has 1 unspecified atom stereocenters. The molecule has 1 aliphatic heterocycles. The smallest absolute Gasteiger partial charge is 0.258 e. The number of amides is 1. The number of carbonyl (C=O) groups excluding carboxylic acids is 1. The topological polar surface area (TPSA) is 54.5 Å². The third-order valence-corrected chi connectivity index (χ3v) is 6.61. The highest BCUT2D eigenvalue weighted by Gasteiger charge is 2.36. The summed E-state index contributed by atoms with van der Waals surface area (Å²) in [6, 6.07) is 10.7. The lowest BCUT2D eigenvalue weighted by Crippen LogP contribution is -2.41. The molecule has 8 heteroatoms. The van der Waals surface area contributed by atoms with Crippen molar-refractivity contribution in [3.8, 4) is 0 Å². The Morgan fingerprint density at radius 1 is 1.00 bits per heavy atom. The van der Waals surface area contributed by atoms with Gasteiger partial charge < -0.3 is 4.90 Å². The Morgan fingerprint density at radius 2 is 1.64 bits per heavy atom. The Balaban J connectivity index is 2.07. The zero-order valence-electron chi connectivity index (χ0n) is 13.0. The van der Waals surface area contributed by atoms with E-state index in [1.54, 1.807) is 42.5 Å². The van der Waals surface area contributed by atoms with Crippen LogP contribution in [0.15, 0.2) is 42.5 Å². The molecule has 2 aromatic rings. The quantitative estimate of drug-likeness (QED) is 0.738. The number of hydrogen-bond donors (Lipinski definition) is 0. The molecule has 0 saturated carbocycles. The highest BCUT2D eigenvalue weighted by molar-refractivity contribution is 7.91. The molecule has 0 aromatic heterocycles. The average molecular weight is 419 g/mol. The van der Waals surface area contributed by atoms with E-state index in [2.05, 4.69) is 0 Å². The molecular formula is C17H14Cl3NO3S. The van der Waals surface area contributed by atoms with E-state index < -0.39 is 15.9 Å². The zero-order chi connectivity index (χ0) is 18.2. The highest BCUT2D eigenvalue weighted by atomic mass is 35.5. The van der Waals surface area contributed by atoms with Crippen LogP contribution in [0.25, 0.3) is 0 Å². The van der Waals surface area contributed by atoms with E-state index in [9.17, 15) is 13.2 Å². The van der Waals surface area contributed by atoms with Crippen molar-refractivity contribution in [3.05, 3.63) is 63.1 Å². The van der Waals surface area contributed by atoms with Gasteiger partial charge in [-0.05, 0) is 48.9 Å². The number of hydrogen-bond acceptors (Lipinski definition) is 3. The molecule has 1 heterocycles. The summed E-state index contributed by atoms with van der Waals surface area (Å²) in [5, 5.41) is 1.25. The minimum Gasteiger partial charge on any atom is -0.303 e. The first-order chi connectivity index (χ1) is 11.8. The van der Waals surface area contributed by atoms with Crippen LogP contribution in [-0.2, 0) is 9.84 Å². The van der Waals surface area contributed by atoms with Gasteiger partial charge in [0.2, 0.25) is 0 Å². The Labute approximate surface area is 161 Å². The normalized spacial score (nSPS) is 18.9. The summed E-state index contributed by atoms with van der Waals surface area (Å²) in [6.07, 6.45) is 0.352. The number of carbonyl (C=O) groups is 1. The maximum absolute atomic E-state index is 13.1. The number of anilines is 1. The van der Waals surface area contributed by atoms with Crippen LogP contribution in [0.2, 0.25) is 15.1 Å². The summed E-state index contributed by atoms with van der Waals surface area (Å²) < 4.78 is 23.8. The van der Waals surface area contributed by atoms with Crippen LogP contribution >= 0.6 is 34.8 Å². The summed E-state index contributed by atoms with van der Waals surface area (Å²) in [7, 11) is -3.18. The van der Waals surface area contributed by atoms with Gasteiger partial charge >= 0.3 is 0 Å². The molecule has 0 N–H and O–H groups in total. The van der Waals surface area contributed by atoms with Crippen LogP contribution < -0.4 is 4.90 Å². The van der Waals surface area contributed by atoms with Gasteiger partial charge in [-0.1, -0.05) is 34.8 Å². The second-order valence-corrected chi connectivity index (χ2v) is 9.34. The van der Waals surface area contributed by atoms with E-state index in [-0.39, 0.29) is 17.4 Å². The Morgan fingerprint density at radius 3 is 2.24 bits per heavy atom. The van der Waals surface area contributed by atoms with Gasteiger partial charge in [0.05, 0.1) is 28.3 Å². The molecule has 0 aliphatic carbocycles. The maximum Gasteiger partial charge on any atom is 0.258 e. The predicted molar refractivity (Wildman–Crippen MR) is 102 cm³/mol. The van der Waals surface area contributed by atoms with Crippen molar-refractivity contribution in [1.29, 1.82) is 0 Å². The fourth-order valence-corrected chi connectivity index (χ4v) is 5.05. The lowest BCUT2D eigenvalue weighted by atomic mass is 10.1. The van der Waals surface area contributed by atoms with Crippen LogP contribution in [0.5, 0.6) is 0 Å². The van der Waals surface area contributed by atoms with Crippen molar-refractivity contribution in [1.82, 2.24) is 0 Å². The summed E-state index contributed by atoms with van der Waals surface area (Å²) in [5.41, 5.74) is 0.793. The first-order valence-corrected chi connectivity index (χ1v) is 10.5. The van der Waals surface area contributed by atoms with Crippen LogP contribution in [-0.4, -0.2) is 31.9 Å². The van der Waals surface area contributed by atoms with Crippen molar-refractivity contribution in [3.63, 3.8) is 0 Å². The van der Waals surface area contributed by atoms with Crippen molar-refractivity contribution < 1.29 is 13.2 Å². The molecular weight excluding hydrogens is 405 g/mol. The molecule has 1 aliphatic rings. The van der Waals surface area contributed by atoms with Crippen LogP contribution in [0, 0.1) is 0 Å². The minimum atomic E-state index is -3.18. The third kappa shape index (κ3) is 4.11. The van der Waals surface area contributed by atoms with Crippen molar-refractivity contribution in [2.24, 2.45) is 0 Å². The first kappa shape index (κ1) is 18.5. The molecule has 1 atom stereocenters. The van der Waals surface area contributed by atoms with Gasteiger partial charge in [-0.2, -0.15) is 0 Å². The highest BCUT2D eigenvalue weighted by Crippen LogP contribution is 2.34. The van der Waals surface area contributed by atoms with Gasteiger partial charge in [-0.3, -0.25) is 4.79 Å². The SMILES string of the molecule is O=C(c1ccc(Cl)cc1)N(c1cc(Cl)ccc1Cl)C1CCS(=O)(=O)C1. The van der Waals surface area contributed by atoms with Gasteiger partial charge in [0.15, 0.2) is 9.84 Å². The Bertz CT molecular complexity index is 913. The first-order valence-electron chi connectivity index (χ1n) is 7.51. The molecule has 0 spiro atoms. The van der Waals surface area contributed by atoms with E-state index >= 15 is 0 Å². The summed E-state index contributed by atoms with van der Waals surface area (Å²) in [5.74, 6) is -0.405. The van der Waals surface area contributed by atoms with Crippen molar-refractivity contribution >= 4 is 56.2 Å². The molecule has 1 saturated heterocycles. The van der Waals surface area contributed by atoms with Crippen LogP contribution in [0.1, 0.15) is 16.8 Å². The number of nitrogens with zero attached hydrogens (tertiary/aromatic N) is 1. The van der Waals surface area contributed by atoms with E-state index in [0.29, 0.717) is 32.7 Å². The second-order valence-electron chi connectivity index (χ2n) is 5.83. The maximum atomic E-state index is 13.1. The molecule has 25 heavy (non-hydrogen) atoms. The Hall–Kier alpha value is -1.27. The number of benzene rings is 2. The van der Waals surface area contributed by atoms with E-state index in [4.69, 9.17) is 34.8 Å². The van der Waals surface area contributed by atoms with E-state index in [1.807, 2.05) is 0 Å². The van der Waals surface area contributed by atoms with Gasteiger partial charge in [-0.15, -0.1) is 0 Å². The number of rotatable bonds is 3. The fourth-order valence-electron chi connectivity index (χ4n) is 2.85. The molecule has 3 rings (SSSR count). The summed E-state index contributed by atoms with van der Waals surface area (Å²) >= 11 is 18.2. The molecule has 1 amide bonds. The standard InChI is InChI=1S/C17H14Cl3NO3S/c18-12-3-1-11(2-4-12)17(22)21(14-7-8-25(23,24)10-14)16-9-13(19)5-6-15(16)20/h1-6,9,14H,7-8,10H2. The molecule has 0 bridgehead atoms. The van der Waals surface area contributed by atoms with E-state index in [0.717, 1.165) is 0 Å². The van der Waals surface area contributed by atoms with Crippen LogP contribution in [0.3, 0.4) is 0 Å². The number of sulfone groups is 1. The summed E-state index contributed by atoms with van der Waals surface area (Å²) in [4.78, 5) is 14.5. The zero-order valence-corrected chi connectivity index (χ0v) is 16.0. The molecule has 4 nitrogen and oxygen atoms in total. The molecule has 1 fully saturated rings. The number of halogens is 3.